The van der Waals surface area contributed by atoms with Gasteiger partial charge in [0.15, 0.2) is 0 Å². The van der Waals surface area contributed by atoms with Gasteiger partial charge in [0, 0.05) is 61.4 Å². The number of likely N-dealkylation sites (N-methyl/N-ethyl adjacent to an activating group) is 6. The van der Waals surface area contributed by atoms with Gasteiger partial charge in [0.05, 0.1) is 19.4 Å². The molecule has 0 saturated carbocycles. The first-order valence-corrected chi connectivity index (χ1v) is 32.4. The number of ether oxygens (including phenoxy) is 1. The Labute approximate surface area is 543 Å². The number of hydrogen-bond acceptors (Lipinski definition) is 14. The van der Waals surface area contributed by atoms with Gasteiger partial charge in [-0.3, -0.25) is 58.2 Å². The van der Waals surface area contributed by atoms with Crippen LogP contribution in [0.15, 0.2) is 18.3 Å². The molecule has 0 aliphatic carbocycles. The highest BCUT2D eigenvalue weighted by molar-refractivity contribution is 6.00. The van der Waals surface area contributed by atoms with E-state index in [0.717, 1.165) is 15.5 Å². The van der Waals surface area contributed by atoms with Crippen LogP contribution in [0.2, 0.25) is 0 Å². The average molecular weight is 1290 g/mol. The lowest BCUT2D eigenvalue weighted by atomic mass is 9.90. The first kappa shape index (κ1) is 82.1. The number of urea groups is 1. The first-order chi connectivity index (χ1) is 42.2. The molecule has 0 radical (unpaired) electrons. The van der Waals surface area contributed by atoms with Crippen molar-refractivity contribution in [1.29, 1.82) is 0 Å². The van der Waals surface area contributed by atoms with Crippen molar-refractivity contribution < 1.29 is 62.6 Å². The number of carbonyl (C=O) groups excluding carboxylic acids is 11. The normalized spacial score (nSPS) is 15.2. The number of nitrogens with zero attached hydrogens (tertiary/aromatic N) is 7. The van der Waals surface area contributed by atoms with E-state index in [1.807, 2.05) is 61.5 Å². The minimum absolute atomic E-state index is 0.000263. The van der Waals surface area contributed by atoms with Crippen LogP contribution >= 0.6 is 0 Å². The Balaban J connectivity index is 3.73. The van der Waals surface area contributed by atoms with E-state index in [-0.39, 0.29) is 55.3 Å². The highest BCUT2D eigenvalue weighted by Crippen LogP contribution is 2.26. The number of hydrogen-bond donors (Lipinski definition) is 6. The standard InChI is InChI=1S/C66H116N12O13/c1-25-48(62(86)73(18)45(16)61(85)75(20)50(34-39(6)7)59(83)71-53(41(10)11)64(88)76(21)49(33-38(4)5)58(82)69-44(15)57(81)72-66(90)67-17)70-60(84)55(56(80)43(14)27-26-28-46-30-31-47(91-24)36-68-46)78(23)65(89)54(42(12)13)77(22)63(87)51(35-40(8)9)74(19)52(79)32-29-37(2)3/h30-31,36-45,48-51,53-56,80H,25-29,32-35H2,1-24H3,(H,69,82)(H,70,84)(H,71,83)(H2,67,72,81,90)/t43-,44-,45-,48+,49+,50+,51+,53+,54+,55+,56-/m1/s1. The fraction of sp³-hybridized carbons (Fsp3) is 0.758. The van der Waals surface area contributed by atoms with Gasteiger partial charge in [0.25, 0.3) is 0 Å². The van der Waals surface area contributed by atoms with Crippen LogP contribution in [-0.2, 0) is 54.4 Å². The van der Waals surface area contributed by atoms with E-state index in [1.54, 1.807) is 68.0 Å². The van der Waals surface area contributed by atoms with E-state index in [1.165, 1.54) is 75.7 Å². The second kappa shape index (κ2) is 38.8. The summed E-state index contributed by atoms with van der Waals surface area (Å²) >= 11 is 0. The Kier molecular flexibility index (Phi) is 35.0. The third kappa shape index (κ3) is 24.9. The molecule has 1 aromatic rings. The summed E-state index contributed by atoms with van der Waals surface area (Å²) < 4.78 is 5.25. The lowest BCUT2D eigenvalue weighted by molar-refractivity contribution is -0.156. The number of aromatic nitrogens is 1. The second-order valence-corrected chi connectivity index (χ2v) is 27.0. The average Bonchev–Trinajstić information content (AvgIpc) is 0.828. The number of aryl methyl sites for hydroxylation is 1. The Morgan fingerprint density at radius 2 is 1.05 bits per heavy atom. The van der Waals surface area contributed by atoms with Crippen LogP contribution in [0.5, 0.6) is 5.75 Å². The molecule has 6 N–H and O–H groups in total. The Bertz CT molecular complexity index is 2560. The molecule has 0 aliphatic heterocycles. The number of aliphatic hydroxyl groups is 1. The number of carbonyl (C=O) groups is 11. The monoisotopic (exact) mass is 1280 g/mol. The summed E-state index contributed by atoms with van der Waals surface area (Å²) in [6.07, 6.45) is 3.06. The van der Waals surface area contributed by atoms with E-state index in [2.05, 4.69) is 31.6 Å². The molecule has 25 heteroatoms. The summed E-state index contributed by atoms with van der Waals surface area (Å²) in [5.74, 6) is -7.32. The van der Waals surface area contributed by atoms with Crippen LogP contribution in [0.1, 0.15) is 168 Å². The topological polar surface area (TPSA) is 310 Å². The van der Waals surface area contributed by atoms with E-state index < -0.39 is 137 Å². The fourth-order valence-electron chi connectivity index (χ4n) is 10.8. The molecule has 0 aromatic carbocycles. The molecule has 25 nitrogen and oxygen atoms in total. The van der Waals surface area contributed by atoms with Crippen molar-refractivity contribution >= 4 is 65.1 Å². The fourth-order valence-corrected chi connectivity index (χ4v) is 10.8. The molecule has 1 rings (SSSR count). The predicted molar refractivity (Wildman–Crippen MR) is 350 cm³/mol. The molecule has 1 heterocycles. The summed E-state index contributed by atoms with van der Waals surface area (Å²) in [4.78, 5) is 167. The maximum atomic E-state index is 15.1. The zero-order chi connectivity index (χ0) is 70.2. The zero-order valence-corrected chi connectivity index (χ0v) is 59.4. The summed E-state index contributed by atoms with van der Waals surface area (Å²) in [7, 11) is 11.6. The molecule has 1 aromatic heterocycles. The van der Waals surface area contributed by atoms with Gasteiger partial charge < -0.3 is 60.5 Å². The van der Waals surface area contributed by atoms with E-state index >= 15 is 9.59 Å². The highest BCUT2D eigenvalue weighted by Gasteiger charge is 2.45. The SMILES string of the molecule is CC[C@H](NC(=O)[C@H]([C@H](O)[C@H](C)CCCc1ccc(OC)cn1)N(C)C(=O)[C@H](C(C)C)N(C)C(=O)[C@H](CC(C)C)N(C)C(=O)CCC(C)C)C(=O)N(C)[C@H](C)C(=O)N(C)[C@@H](CC(C)C)C(=O)N[C@H](C(=O)N(C)[C@@H](CC(C)C)C(=O)N[C@H](C)C(=O)NC(=O)NC)C(C)C. The number of nitrogens with one attached hydrogen (secondary N) is 5. The van der Waals surface area contributed by atoms with Gasteiger partial charge in [-0.25, -0.2) is 4.79 Å². The molecule has 0 fully saturated rings. The highest BCUT2D eigenvalue weighted by atomic mass is 16.5. The summed E-state index contributed by atoms with van der Waals surface area (Å²) in [6.45, 7) is 28.6. The molecule has 0 saturated heterocycles. The zero-order valence-electron chi connectivity index (χ0n) is 59.4. The maximum Gasteiger partial charge on any atom is 0.321 e. The molecule has 12 amide bonds. The van der Waals surface area contributed by atoms with Crippen molar-refractivity contribution in [2.24, 2.45) is 41.4 Å². The largest absolute Gasteiger partial charge is 0.495 e. The molecule has 518 valence electrons. The van der Waals surface area contributed by atoms with E-state index in [0.29, 0.717) is 37.9 Å². The van der Waals surface area contributed by atoms with Crippen molar-refractivity contribution in [2.75, 3.05) is 56.4 Å². The lowest BCUT2D eigenvalue weighted by Crippen LogP contribution is -2.63. The molecular weight excluding hydrogens is 1170 g/mol. The third-order valence-electron chi connectivity index (χ3n) is 16.9. The van der Waals surface area contributed by atoms with Crippen molar-refractivity contribution in [3.63, 3.8) is 0 Å². The number of imide groups is 1. The van der Waals surface area contributed by atoms with Crippen LogP contribution in [-0.4, -0.2) is 222 Å². The van der Waals surface area contributed by atoms with Gasteiger partial charge in [-0.15, -0.1) is 0 Å². The van der Waals surface area contributed by atoms with Crippen LogP contribution in [0.3, 0.4) is 0 Å². The van der Waals surface area contributed by atoms with Gasteiger partial charge in [-0.1, -0.05) is 96.9 Å². The van der Waals surface area contributed by atoms with Crippen LogP contribution in [0.4, 0.5) is 4.79 Å². The number of rotatable bonds is 37. The molecule has 0 bridgehead atoms. The van der Waals surface area contributed by atoms with Gasteiger partial charge >= 0.3 is 6.03 Å². The second-order valence-electron chi connectivity index (χ2n) is 27.0. The van der Waals surface area contributed by atoms with Gasteiger partial charge in [0.2, 0.25) is 59.1 Å². The Morgan fingerprint density at radius 3 is 1.52 bits per heavy atom. The smallest absolute Gasteiger partial charge is 0.321 e. The van der Waals surface area contributed by atoms with Gasteiger partial charge in [0.1, 0.15) is 60.1 Å². The van der Waals surface area contributed by atoms with Gasteiger partial charge in [-0.2, -0.15) is 0 Å². The van der Waals surface area contributed by atoms with Crippen molar-refractivity contribution in [2.45, 2.75) is 229 Å². The molecule has 91 heavy (non-hydrogen) atoms. The molecule has 0 unspecified atom stereocenters. The number of pyridine rings is 1. The quantitative estimate of drug-likeness (QED) is 0.0530. The summed E-state index contributed by atoms with van der Waals surface area (Å²) in [5.41, 5.74) is 0.777. The molecular formula is C66H116N12O13. The number of aliphatic hydroxyl groups excluding tert-OH is 1. The van der Waals surface area contributed by atoms with Crippen molar-refractivity contribution in [3.8, 4) is 5.75 Å². The van der Waals surface area contributed by atoms with Crippen LogP contribution in [0.25, 0.3) is 0 Å². The van der Waals surface area contributed by atoms with E-state index in [9.17, 15) is 48.3 Å². The van der Waals surface area contributed by atoms with Crippen LogP contribution in [0, 0.1) is 41.4 Å². The first-order valence-electron chi connectivity index (χ1n) is 32.4. The van der Waals surface area contributed by atoms with Gasteiger partial charge in [-0.05, 0) is 119 Å². The third-order valence-corrected chi connectivity index (χ3v) is 16.9. The Hall–Kier alpha value is -6.92. The maximum absolute atomic E-state index is 15.1. The Morgan fingerprint density at radius 1 is 0.538 bits per heavy atom. The summed E-state index contributed by atoms with van der Waals surface area (Å²) in [6, 6.07) is -7.94. The van der Waals surface area contributed by atoms with E-state index in [4.69, 9.17) is 4.74 Å². The summed E-state index contributed by atoms with van der Waals surface area (Å²) in [5, 5.41) is 25.0. The predicted octanol–water partition coefficient (Wildman–Crippen LogP) is 4.62. The molecule has 0 spiro atoms. The number of amides is 12. The minimum atomic E-state index is -1.61. The number of methoxy groups -OCH3 is 1. The molecule has 0 aliphatic rings. The molecule has 11 atom stereocenters. The van der Waals surface area contributed by atoms with Crippen molar-refractivity contribution in [3.05, 3.63) is 24.0 Å². The lowest BCUT2D eigenvalue weighted by Gasteiger charge is -2.41. The van der Waals surface area contributed by atoms with Crippen molar-refractivity contribution in [1.82, 2.24) is 61.0 Å². The minimum Gasteiger partial charge on any atom is -0.495 e. The van der Waals surface area contributed by atoms with Crippen LogP contribution < -0.4 is 31.3 Å².